The Morgan fingerprint density at radius 2 is 1.82 bits per heavy atom. The van der Waals surface area contributed by atoms with Crippen molar-refractivity contribution in [3.05, 3.63) is 0 Å². The maximum Gasteiger partial charge on any atom is 0.100 e. The van der Waals surface area contributed by atoms with Crippen LogP contribution in [0.4, 0.5) is 0 Å². The summed E-state index contributed by atoms with van der Waals surface area (Å²) in [5, 5.41) is 0. The van der Waals surface area contributed by atoms with E-state index in [0.29, 0.717) is 0 Å². The summed E-state index contributed by atoms with van der Waals surface area (Å²) in [5.74, 6) is 1.25. The predicted octanol–water partition coefficient (Wildman–Crippen LogP) is 2.80. The van der Waals surface area contributed by atoms with Crippen LogP contribution in [0.2, 0.25) is 0 Å². The first kappa shape index (κ1) is 14.5. The predicted molar refractivity (Wildman–Crippen MR) is 75.5 cm³/mol. The maximum absolute atomic E-state index is 5.59. The lowest BCUT2D eigenvalue weighted by molar-refractivity contribution is 0.424. The van der Waals surface area contributed by atoms with Gasteiger partial charge in [-0.2, -0.15) is 0 Å². The lowest BCUT2D eigenvalue weighted by Gasteiger charge is -2.19. The van der Waals surface area contributed by atoms with Crippen molar-refractivity contribution in [2.45, 2.75) is 58.3 Å². The van der Waals surface area contributed by atoms with Gasteiger partial charge in [-0.05, 0) is 13.0 Å². The molecule has 0 aliphatic carbocycles. The Labute approximate surface area is 106 Å². The molecule has 1 rings (SSSR count). The summed E-state index contributed by atoms with van der Waals surface area (Å²) >= 11 is 0. The summed E-state index contributed by atoms with van der Waals surface area (Å²) in [4.78, 5) is 6.94. The lowest BCUT2D eigenvalue weighted by Crippen LogP contribution is -2.30. The van der Waals surface area contributed by atoms with Crippen molar-refractivity contribution < 1.29 is 0 Å². The van der Waals surface area contributed by atoms with E-state index in [4.69, 9.17) is 5.73 Å². The van der Waals surface area contributed by atoms with Crippen molar-refractivity contribution in [2.75, 3.05) is 26.2 Å². The fraction of sp³-hybridized carbons (Fsp3) is 0.929. The van der Waals surface area contributed by atoms with E-state index in [1.54, 1.807) is 0 Å². The molecule has 3 heteroatoms. The van der Waals surface area contributed by atoms with Crippen molar-refractivity contribution in [1.29, 1.82) is 0 Å². The number of rotatable bonds is 10. The highest BCUT2D eigenvalue weighted by molar-refractivity contribution is 5.83. The highest BCUT2D eigenvalue weighted by Gasteiger charge is 2.14. The minimum Gasteiger partial charge on any atom is -0.358 e. The third-order valence-corrected chi connectivity index (χ3v) is 3.43. The normalized spacial score (nSPS) is 15.4. The zero-order valence-corrected chi connectivity index (χ0v) is 11.5. The number of hydrogen-bond acceptors (Lipinski definition) is 3. The second kappa shape index (κ2) is 9.46. The zero-order valence-electron chi connectivity index (χ0n) is 11.5. The molecule has 0 aromatic heterocycles. The molecule has 0 aromatic carbocycles. The minimum atomic E-state index is 0.729. The van der Waals surface area contributed by atoms with Crippen LogP contribution in [0.1, 0.15) is 58.3 Å². The van der Waals surface area contributed by atoms with Gasteiger partial charge in [-0.25, -0.2) is 0 Å². The molecule has 0 spiro atoms. The zero-order chi connectivity index (χ0) is 12.3. The fourth-order valence-electron chi connectivity index (χ4n) is 2.40. The average molecular weight is 239 g/mol. The van der Waals surface area contributed by atoms with Crippen molar-refractivity contribution in [1.82, 2.24) is 4.90 Å². The van der Waals surface area contributed by atoms with Gasteiger partial charge in [0.05, 0.1) is 6.54 Å². The molecule has 100 valence electrons. The van der Waals surface area contributed by atoms with Gasteiger partial charge in [0.25, 0.3) is 0 Å². The molecule has 2 N–H and O–H groups in total. The van der Waals surface area contributed by atoms with Crippen molar-refractivity contribution in [3.63, 3.8) is 0 Å². The summed E-state index contributed by atoms with van der Waals surface area (Å²) in [6, 6.07) is 0. The van der Waals surface area contributed by atoms with Crippen molar-refractivity contribution in [2.24, 2.45) is 10.7 Å². The van der Waals surface area contributed by atoms with Crippen molar-refractivity contribution >= 4 is 5.84 Å². The minimum absolute atomic E-state index is 0.729. The van der Waals surface area contributed by atoms with Crippen LogP contribution in [-0.4, -0.2) is 36.9 Å². The molecule has 0 saturated carbocycles. The molecule has 0 atom stereocenters. The van der Waals surface area contributed by atoms with Gasteiger partial charge < -0.3 is 10.6 Å². The first-order chi connectivity index (χ1) is 8.38. The van der Waals surface area contributed by atoms with Crippen LogP contribution >= 0.6 is 0 Å². The molecule has 3 nitrogen and oxygen atoms in total. The lowest BCUT2D eigenvalue weighted by atomic mass is 10.1. The van der Waals surface area contributed by atoms with Crippen LogP contribution in [0, 0.1) is 0 Å². The molecule has 1 aliphatic heterocycles. The number of hydrogen-bond donors (Lipinski definition) is 1. The van der Waals surface area contributed by atoms with Gasteiger partial charge in [0.15, 0.2) is 0 Å². The van der Waals surface area contributed by atoms with E-state index in [-0.39, 0.29) is 0 Å². The molecule has 17 heavy (non-hydrogen) atoms. The van der Waals surface area contributed by atoms with E-state index in [1.807, 2.05) is 0 Å². The summed E-state index contributed by atoms with van der Waals surface area (Å²) < 4.78 is 0. The second-order valence-corrected chi connectivity index (χ2v) is 4.94. The summed E-state index contributed by atoms with van der Waals surface area (Å²) in [6.45, 7) is 6.28. The van der Waals surface area contributed by atoms with Gasteiger partial charge in [0.2, 0.25) is 0 Å². The third-order valence-electron chi connectivity index (χ3n) is 3.43. The van der Waals surface area contributed by atoms with E-state index in [1.165, 1.54) is 57.3 Å². The standard InChI is InChI=1S/C14H29N3/c1-2-3-4-5-6-7-8-12-17-13-11-16-14(17)9-10-15/h2-13,15H2,1H3. The molecule has 0 saturated heterocycles. The number of unbranched alkanes of at least 4 members (excludes halogenated alkanes) is 6. The molecule has 0 aromatic rings. The Hall–Kier alpha value is -0.570. The van der Waals surface area contributed by atoms with Gasteiger partial charge in [0.1, 0.15) is 5.84 Å². The van der Waals surface area contributed by atoms with E-state index < -0.39 is 0 Å². The number of amidine groups is 1. The summed E-state index contributed by atoms with van der Waals surface area (Å²) in [5.41, 5.74) is 5.59. The number of nitrogens with two attached hydrogens (primary N) is 1. The molecule has 1 heterocycles. The van der Waals surface area contributed by atoms with E-state index in [9.17, 15) is 0 Å². The molecule has 0 amide bonds. The summed E-state index contributed by atoms with van der Waals surface area (Å²) in [6.07, 6.45) is 10.6. The highest BCUT2D eigenvalue weighted by atomic mass is 15.2. The molecular formula is C14H29N3. The van der Waals surface area contributed by atoms with Crippen LogP contribution in [0.25, 0.3) is 0 Å². The fourth-order valence-corrected chi connectivity index (χ4v) is 2.40. The average Bonchev–Trinajstić information content (AvgIpc) is 2.76. The monoisotopic (exact) mass is 239 g/mol. The molecular weight excluding hydrogens is 210 g/mol. The molecule has 0 fully saturated rings. The smallest absolute Gasteiger partial charge is 0.100 e. The Bertz CT molecular complexity index is 214. The van der Waals surface area contributed by atoms with Gasteiger partial charge in [-0.3, -0.25) is 4.99 Å². The number of nitrogens with zero attached hydrogens (tertiary/aromatic N) is 2. The van der Waals surface area contributed by atoms with E-state index in [0.717, 1.165) is 26.1 Å². The van der Waals surface area contributed by atoms with Crippen LogP contribution in [0.3, 0.4) is 0 Å². The van der Waals surface area contributed by atoms with Gasteiger partial charge in [0, 0.05) is 19.5 Å². The van der Waals surface area contributed by atoms with Gasteiger partial charge in [-0.15, -0.1) is 0 Å². The van der Waals surface area contributed by atoms with Crippen LogP contribution in [0.5, 0.6) is 0 Å². The Kier molecular flexibility index (Phi) is 8.06. The second-order valence-electron chi connectivity index (χ2n) is 4.94. The largest absolute Gasteiger partial charge is 0.358 e. The van der Waals surface area contributed by atoms with Gasteiger partial charge >= 0.3 is 0 Å². The van der Waals surface area contributed by atoms with Crippen LogP contribution < -0.4 is 5.73 Å². The molecule has 0 unspecified atom stereocenters. The molecule has 0 bridgehead atoms. The highest BCUT2D eigenvalue weighted by Crippen LogP contribution is 2.10. The van der Waals surface area contributed by atoms with Gasteiger partial charge in [-0.1, -0.05) is 45.4 Å². The van der Waals surface area contributed by atoms with Crippen LogP contribution in [0.15, 0.2) is 4.99 Å². The molecule has 1 aliphatic rings. The van der Waals surface area contributed by atoms with Crippen LogP contribution in [-0.2, 0) is 0 Å². The SMILES string of the molecule is CCCCCCCCCN1CCN=C1CCN. The van der Waals surface area contributed by atoms with E-state index in [2.05, 4.69) is 16.8 Å². The summed E-state index contributed by atoms with van der Waals surface area (Å²) in [7, 11) is 0. The van der Waals surface area contributed by atoms with E-state index >= 15 is 0 Å². The third kappa shape index (κ3) is 6.06. The first-order valence-corrected chi connectivity index (χ1v) is 7.36. The first-order valence-electron chi connectivity index (χ1n) is 7.36. The topological polar surface area (TPSA) is 41.6 Å². The Morgan fingerprint density at radius 1 is 1.12 bits per heavy atom. The van der Waals surface area contributed by atoms with Crippen molar-refractivity contribution in [3.8, 4) is 0 Å². The number of aliphatic imine (C=N–C) groups is 1. The quantitative estimate of drug-likeness (QED) is 0.596. The molecule has 0 radical (unpaired) electrons. The Morgan fingerprint density at radius 3 is 2.53 bits per heavy atom. The Balaban J connectivity index is 1.97. The maximum atomic E-state index is 5.59.